The molecule has 3 aromatic rings. The Balaban J connectivity index is 1.64. The van der Waals surface area contributed by atoms with Crippen LogP contribution in [0.25, 0.3) is 0 Å². The molecule has 0 radical (unpaired) electrons. The van der Waals surface area contributed by atoms with Crippen molar-refractivity contribution in [3.63, 3.8) is 0 Å². The van der Waals surface area contributed by atoms with E-state index in [0.717, 1.165) is 30.9 Å². The lowest BCUT2D eigenvalue weighted by Crippen LogP contribution is -2.37. The molecule has 0 bridgehead atoms. The minimum Gasteiger partial charge on any atom is -0.464 e. The van der Waals surface area contributed by atoms with Gasteiger partial charge in [-0.1, -0.05) is 0 Å². The van der Waals surface area contributed by atoms with Crippen molar-refractivity contribution in [2.75, 3.05) is 30.4 Å². The van der Waals surface area contributed by atoms with E-state index in [9.17, 15) is 4.39 Å². The summed E-state index contributed by atoms with van der Waals surface area (Å²) in [5.41, 5.74) is 0.843. The van der Waals surface area contributed by atoms with Crippen LogP contribution in [0.5, 0.6) is 5.88 Å². The van der Waals surface area contributed by atoms with Crippen LogP contribution in [0.4, 0.5) is 26.4 Å². The standard InChI is InChI=1S/C20H24F2N8O2/c1-11-8-15(29-28-11)25-20-26-18(30-6-4-14(31-3)5-7-30)16(22)19(27-20)32-12(2)17-23-9-13(21)10-24-17/h8-10,12,14H,4-7H2,1-3H3,(H2,25,26,27,28,29)/t12-/m0/s1. The number of methoxy groups -OCH3 is 1. The summed E-state index contributed by atoms with van der Waals surface area (Å²) < 4.78 is 39.7. The van der Waals surface area contributed by atoms with Crippen LogP contribution in [-0.2, 0) is 4.74 Å². The van der Waals surface area contributed by atoms with Gasteiger partial charge in [0.05, 0.1) is 18.5 Å². The zero-order valence-electron chi connectivity index (χ0n) is 18.0. The molecule has 2 N–H and O–H groups in total. The van der Waals surface area contributed by atoms with E-state index in [1.54, 1.807) is 20.1 Å². The number of H-pyrrole nitrogens is 1. The molecule has 1 aliphatic rings. The first-order chi connectivity index (χ1) is 15.4. The Hall–Kier alpha value is -3.41. The average molecular weight is 446 g/mol. The highest BCUT2D eigenvalue weighted by Gasteiger charge is 2.27. The minimum atomic E-state index is -0.771. The summed E-state index contributed by atoms with van der Waals surface area (Å²) in [7, 11) is 1.67. The number of hydrogen-bond acceptors (Lipinski definition) is 9. The zero-order chi connectivity index (χ0) is 22.7. The topological polar surface area (TPSA) is 114 Å². The van der Waals surface area contributed by atoms with Gasteiger partial charge in [0, 0.05) is 32.0 Å². The number of aryl methyl sites for hydroxylation is 1. The van der Waals surface area contributed by atoms with Crippen molar-refractivity contribution in [1.82, 2.24) is 30.1 Å². The molecule has 0 spiro atoms. The third-order valence-corrected chi connectivity index (χ3v) is 5.12. The number of anilines is 3. The van der Waals surface area contributed by atoms with Gasteiger partial charge in [0.15, 0.2) is 29.4 Å². The molecule has 3 aromatic heterocycles. The molecule has 0 unspecified atom stereocenters. The Morgan fingerprint density at radius 2 is 1.91 bits per heavy atom. The van der Waals surface area contributed by atoms with Crippen molar-refractivity contribution in [2.24, 2.45) is 0 Å². The quantitative estimate of drug-likeness (QED) is 0.565. The van der Waals surface area contributed by atoms with Crippen LogP contribution in [-0.4, -0.2) is 56.4 Å². The summed E-state index contributed by atoms with van der Waals surface area (Å²) >= 11 is 0. The van der Waals surface area contributed by atoms with Gasteiger partial charge >= 0.3 is 0 Å². The van der Waals surface area contributed by atoms with Gasteiger partial charge in [-0.3, -0.25) is 5.10 Å². The van der Waals surface area contributed by atoms with Gasteiger partial charge in [0.1, 0.15) is 0 Å². The molecule has 32 heavy (non-hydrogen) atoms. The fourth-order valence-electron chi connectivity index (χ4n) is 3.41. The number of rotatable bonds is 7. The first-order valence-corrected chi connectivity index (χ1v) is 10.2. The molecule has 0 aromatic carbocycles. The van der Waals surface area contributed by atoms with Crippen molar-refractivity contribution < 1.29 is 18.3 Å². The second-order valence-electron chi connectivity index (χ2n) is 7.49. The monoisotopic (exact) mass is 446 g/mol. The van der Waals surface area contributed by atoms with Crippen LogP contribution in [0.15, 0.2) is 18.5 Å². The molecular weight excluding hydrogens is 422 g/mol. The third kappa shape index (κ3) is 4.90. The van der Waals surface area contributed by atoms with Crippen LogP contribution < -0.4 is 15.0 Å². The lowest BCUT2D eigenvalue weighted by Gasteiger charge is -2.32. The van der Waals surface area contributed by atoms with Gasteiger partial charge in [-0.15, -0.1) is 0 Å². The van der Waals surface area contributed by atoms with Crippen molar-refractivity contribution in [2.45, 2.75) is 38.9 Å². The van der Waals surface area contributed by atoms with E-state index in [4.69, 9.17) is 9.47 Å². The Kier molecular flexibility index (Phi) is 6.40. The summed E-state index contributed by atoms with van der Waals surface area (Å²) in [4.78, 5) is 18.2. The van der Waals surface area contributed by atoms with Crippen LogP contribution in [0, 0.1) is 18.6 Å². The smallest absolute Gasteiger partial charge is 0.258 e. The molecule has 0 saturated carbocycles. The van der Waals surface area contributed by atoms with Gasteiger partial charge in [0.25, 0.3) is 5.88 Å². The van der Waals surface area contributed by atoms with Crippen molar-refractivity contribution in [3.05, 3.63) is 41.6 Å². The summed E-state index contributed by atoms with van der Waals surface area (Å²) in [6.45, 7) is 4.63. The number of hydrogen-bond donors (Lipinski definition) is 2. The Bertz CT molecular complexity index is 1050. The third-order valence-electron chi connectivity index (χ3n) is 5.12. The molecule has 10 nitrogen and oxygen atoms in total. The molecule has 12 heteroatoms. The van der Waals surface area contributed by atoms with Crippen LogP contribution in [0.1, 0.15) is 37.4 Å². The largest absolute Gasteiger partial charge is 0.464 e. The van der Waals surface area contributed by atoms with Gasteiger partial charge in [-0.2, -0.15) is 19.5 Å². The normalized spacial score (nSPS) is 15.6. The highest BCUT2D eigenvalue weighted by atomic mass is 19.1. The zero-order valence-corrected chi connectivity index (χ0v) is 18.0. The molecule has 1 fully saturated rings. The van der Waals surface area contributed by atoms with E-state index in [1.165, 1.54) is 0 Å². The Labute approximate surface area is 183 Å². The molecule has 0 aliphatic carbocycles. The van der Waals surface area contributed by atoms with E-state index >= 15 is 4.39 Å². The fraction of sp³-hybridized carbons (Fsp3) is 0.450. The first kappa shape index (κ1) is 21.8. The SMILES string of the molecule is COC1CCN(c2nc(Nc3cc(C)[nH]n3)nc(O[C@@H](C)c3ncc(F)cn3)c2F)CC1. The molecule has 4 rings (SSSR count). The Morgan fingerprint density at radius 3 is 2.53 bits per heavy atom. The van der Waals surface area contributed by atoms with Gasteiger partial charge in [-0.25, -0.2) is 14.4 Å². The van der Waals surface area contributed by atoms with Crippen molar-refractivity contribution >= 4 is 17.6 Å². The minimum absolute atomic E-state index is 0.117. The van der Waals surface area contributed by atoms with E-state index in [-0.39, 0.29) is 29.6 Å². The number of nitrogens with zero attached hydrogens (tertiary/aromatic N) is 6. The molecule has 1 saturated heterocycles. The maximum atomic E-state index is 15.4. The van der Waals surface area contributed by atoms with Crippen LogP contribution >= 0.6 is 0 Å². The van der Waals surface area contributed by atoms with E-state index in [2.05, 4.69) is 35.5 Å². The number of aromatic amines is 1. The molecule has 170 valence electrons. The molecule has 0 amide bonds. The lowest BCUT2D eigenvalue weighted by atomic mass is 10.1. The summed E-state index contributed by atoms with van der Waals surface area (Å²) in [5.74, 6) is -0.604. The summed E-state index contributed by atoms with van der Waals surface area (Å²) in [5, 5.41) is 9.89. The van der Waals surface area contributed by atoms with Gasteiger partial charge in [-0.05, 0) is 26.7 Å². The summed E-state index contributed by atoms with van der Waals surface area (Å²) in [6.07, 6.45) is 2.90. The summed E-state index contributed by atoms with van der Waals surface area (Å²) in [6, 6.07) is 1.77. The molecular formula is C20H24F2N8O2. The lowest BCUT2D eigenvalue weighted by molar-refractivity contribution is 0.0816. The van der Waals surface area contributed by atoms with Gasteiger partial charge in [0.2, 0.25) is 11.8 Å². The van der Waals surface area contributed by atoms with Crippen LogP contribution in [0.2, 0.25) is 0 Å². The second-order valence-corrected chi connectivity index (χ2v) is 7.49. The molecule has 1 aliphatic heterocycles. The molecule has 1 atom stereocenters. The fourth-order valence-corrected chi connectivity index (χ4v) is 3.41. The number of piperidine rings is 1. The van der Waals surface area contributed by atoms with E-state index < -0.39 is 17.7 Å². The maximum absolute atomic E-state index is 15.4. The van der Waals surface area contributed by atoms with Crippen LogP contribution in [0.3, 0.4) is 0 Å². The molecule has 4 heterocycles. The second kappa shape index (κ2) is 9.39. The van der Waals surface area contributed by atoms with Crippen molar-refractivity contribution in [1.29, 1.82) is 0 Å². The number of halogens is 2. The number of ether oxygens (including phenoxy) is 2. The van der Waals surface area contributed by atoms with Crippen molar-refractivity contribution in [3.8, 4) is 5.88 Å². The van der Waals surface area contributed by atoms with E-state index in [1.807, 2.05) is 11.8 Å². The number of nitrogens with one attached hydrogen (secondary N) is 2. The maximum Gasteiger partial charge on any atom is 0.258 e. The first-order valence-electron chi connectivity index (χ1n) is 10.2. The number of aromatic nitrogens is 6. The van der Waals surface area contributed by atoms with E-state index in [0.29, 0.717) is 18.9 Å². The average Bonchev–Trinajstić information content (AvgIpc) is 3.20. The highest BCUT2D eigenvalue weighted by Crippen LogP contribution is 2.31. The predicted molar refractivity (Wildman–Crippen MR) is 112 cm³/mol. The highest BCUT2D eigenvalue weighted by molar-refractivity contribution is 5.54. The Morgan fingerprint density at radius 1 is 1.19 bits per heavy atom. The predicted octanol–water partition coefficient (Wildman–Crippen LogP) is 3.08. The van der Waals surface area contributed by atoms with Gasteiger partial charge < -0.3 is 19.7 Å².